The largest absolute Gasteiger partial charge is 0.365 e. The maximum Gasteiger partial charge on any atom is 0.255 e. The summed E-state index contributed by atoms with van der Waals surface area (Å²) in [6.07, 6.45) is 1.08. The number of benzene rings is 1. The molecule has 1 aromatic carbocycles. The Labute approximate surface area is 140 Å². The maximum absolute atomic E-state index is 12.5. The van der Waals surface area contributed by atoms with Gasteiger partial charge in [0.25, 0.3) is 5.91 Å². The molecule has 1 aromatic heterocycles. The first-order chi connectivity index (χ1) is 11.5. The molecular weight excluding hydrogens is 308 g/mol. The normalized spacial score (nSPS) is 17.6. The van der Waals surface area contributed by atoms with E-state index in [1.165, 1.54) is 6.92 Å². The molecule has 1 aliphatic rings. The van der Waals surface area contributed by atoms with Crippen molar-refractivity contribution in [3.63, 3.8) is 0 Å². The van der Waals surface area contributed by atoms with E-state index in [-0.39, 0.29) is 18.4 Å². The highest BCUT2D eigenvalue weighted by molar-refractivity contribution is 5.97. The topological polar surface area (TPSA) is 76.5 Å². The predicted molar refractivity (Wildman–Crippen MR) is 89.3 cm³/mol. The van der Waals surface area contributed by atoms with Crippen molar-refractivity contribution in [2.24, 2.45) is 7.05 Å². The van der Waals surface area contributed by atoms with Crippen LogP contribution in [-0.2, 0) is 21.4 Å². The molecule has 0 spiro atoms. The molecular formula is C17H20N4O3. The average molecular weight is 328 g/mol. The molecule has 2 heterocycles. The van der Waals surface area contributed by atoms with E-state index in [4.69, 9.17) is 4.74 Å². The van der Waals surface area contributed by atoms with Crippen molar-refractivity contribution in [3.8, 4) is 11.3 Å². The Morgan fingerprint density at radius 3 is 2.75 bits per heavy atom. The van der Waals surface area contributed by atoms with E-state index in [9.17, 15) is 9.59 Å². The molecule has 0 saturated carbocycles. The zero-order valence-electron chi connectivity index (χ0n) is 13.7. The Morgan fingerprint density at radius 2 is 2.04 bits per heavy atom. The van der Waals surface area contributed by atoms with Crippen LogP contribution in [0.15, 0.2) is 36.5 Å². The number of carbonyl (C=O) groups is 2. The van der Waals surface area contributed by atoms with Crippen molar-refractivity contribution in [1.29, 1.82) is 0 Å². The van der Waals surface area contributed by atoms with E-state index < -0.39 is 6.10 Å². The number of aryl methyl sites for hydroxylation is 1. The summed E-state index contributed by atoms with van der Waals surface area (Å²) in [5.41, 5.74) is 2.24. The first kappa shape index (κ1) is 16.2. The number of carbonyl (C=O) groups excluding carboxylic acids is 2. The van der Waals surface area contributed by atoms with Crippen LogP contribution < -0.4 is 5.32 Å². The zero-order chi connectivity index (χ0) is 17.1. The molecule has 2 aromatic rings. The summed E-state index contributed by atoms with van der Waals surface area (Å²) >= 11 is 0. The van der Waals surface area contributed by atoms with Gasteiger partial charge in [-0.25, -0.2) is 0 Å². The summed E-state index contributed by atoms with van der Waals surface area (Å²) < 4.78 is 7.17. The highest BCUT2D eigenvalue weighted by Crippen LogP contribution is 2.26. The molecule has 126 valence electrons. The van der Waals surface area contributed by atoms with Gasteiger partial charge in [0, 0.05) is 32.3 Å². The Balaban J connectivity index is 1.76. The lowest BCUT2D eigenvalue weighted by atomic mass is 10.1. The lowest BCUT2D eigenvalue weighted by molar-refractivity contribution is -0.143. The van der Waals surface area contributed by atoms with Crippen molar-refractivity contribution in [1.82, 2.24) is 14.7 Å². The third-order valence-corrected chi connectivity index (χ3v) is 3.94. The smallest absolute Gasteiger partial charge is 0.255 e. The van der Waals surface area contributed by atoms with Crippen LogP contribution in [0.4, 0.5) is 5.69 Å². The van der Waals surface area contributed by atoms with E-state index in [2.05, 4.69) is 10.4 Å². The van der Waals surface area contributed by atoms with Gasteiger partial charge >= 0.3 is 0 Å². The molecule has 1 saturated heterocycles. The highest BCUT2D eigenvalue weighted by atomic mass is 16.5. The summed E-state index contributed by atoms with van der Waals surface area (Å²) in [5.74, 6) is -0.325. The van der Waals surface area contributed by atoms with Crippen LogP contribution in [0, 0.1) is 0 Å². The Hall–Kier alpha value is -2.67. The number of amides is 2. The van der Waals surface area contributed by atoms with E-state index in [0.29, 0.717) is 24.5 Å². The third kappa shape index (κ3) is 3.46. The molecule has 24 heavy (non-hydrogen) atoms. The number of nitrogens with zero attached hydrogens (tertiary/aromatic N) is 3. The minimum absolute atomic E-state index is 0.0533. The molecule has 0 radical (unpaired) electrons. The van der Waals surface area contributed by atoms with Crippen molar-refractivity contribution >= 4 is 17.5 Å². The van der Waals surface area contributed by atoms with Crippen LogP contribution >= 0.6 is 0 Å². The number of hydrogen-bond donors (Lipinski definition) is 1. The Morgan fingerprint density at radius 1 is 1.29 bits per heavy atom. The molecule has 1 unspecified atom stereocenters. The van der Waals surface area contributed by atoms with Gasteiger partial charge in [-0.1, -0.05) is 30.3 Å². The van der Waals surface area contributed by atoms with Gasteiger partial charge in [-0.05, 0) is 0 Å². The predicted octanol–water partition coefficient (Wildman–Crippen LogP) is 1.27. The molecule has 2 amide bonds. The maximum atomic E-state index is 12.5. The standard InChI is InChI=1S/C17H20N4O3/c1-12(22)21-8-9-24-15(11-21)17(23)18-14-10-20(2)19-16(14)13-6-4-3-5-7-13/h3-7,10,15H,8-9,11H2,1-2H3,(H,18,23). The Kier molecular flexibility index (Phi) is 4.61. The van der Waals surface area contributed by atoms with Crippen molar-refractivity contribution in [2.45, 2.75) is 13.0 Å². The van der Waals surface area contributed by atoms with Gasteiger partial charge in [0.2, 0.25) is 5.91 Å². The van der Waals surface area contributed by atoms with Crippen molar-refractivity contribution < 1.29 is 14.3 Å². The van der Waals surface area contributed by atoms with E-state index in [0.717, 1.165) is 5.56 Å². The van der Waals surface area contributed by atoms with E-state index in [1.807, 2.05) is 30.3 Å². The average Bonchev–Trinajstić information content (AvgIpc) is 2.96. The Bertz CT molecular complexity index is 742. The number of rotatable bonds is 3. The van der Waals surface area contributed by atoms with Crippen LogP contribution in [0.3, 0.4) is 0 Å². The van der Waals surface area contributed by atoms with Gasteiger partial charge in [0.1, 0.15) is 5.69 Å². The van der Waals surface area contributed by atoms with Gasteiger partial charge in [0.05, 0.1) is 18.8 Å². The minimum atomic E-state index is -0.675. The van der Waals surface area contributed by atoms with Gasteiger partial charge < -0.3 is 15.0 Å². The number of nitrogens with one attached hydrogen (secondary N) is 1. The second-order valence-corrected chi connectivity index (χ2v) is 5.74. The molecule has 7 nitrogen and oxygen atoms in total. The lowest BCUT2D eigenvalue weighted by Gasteiger charge is -2.31. The van der Waals surface area contributed by atoms with Crippen molar-refractivity contribution in [2.75, 3.05) is 25.0 Å². The van der Waals surface area contributed by atoms with Gasteiger partial charge in [-0.3, -0.25) is 14.3 Å². The number of ether oxygens (including phenoxy) is 1. The number of morpholine rings is 1. The van der Waals surface area contributed by atoms with Gasteiger partial charge in [-0.2, -0.15) is 5.10 Å². The van der Waals surface area contributed by atoms with Crippen LogP contribution in [0.5, 0.6) is 0 Å². The summed E-state index contributed by atoms with van der Waals surface area (Å²) in [6.45, 7) is 2.63. The summed E-state index contributed by atoms with van der Waals surface area (Å²) in [5, 5.41) is 7.29. The first-order valence-corrected chi connectivity index (χ1v) is 7.81. The highest BCUT2D eigenvalue weighted by Gasteiger charge is 2.28. The number of aromatic nitrogens is 2. The second kappa shape index (κ2) is 6.84. The third-order valence-electron chi connectivity index (χ3n) is 3.94. The van der Waals surface area contributed by atoms with Crippen molar-refractivity contribution in [3.05, 3.63) is 36.5 Å². The lowest BCUT2D eigenvalue weighted by Crippen LogP contribution is -2.49. The summed E-state index contributed by atoms with van der Waals surface area (Å²) in [7, 11) is 1.80. The molecule has 1 N–H and O–H groups in total. The quantitative estimate of drug-likeness (QED) is 0.921. The minimum Gasteiger partial charge on any atom is -0.365 e. The molecule has 1 aliphatic heterocycles. The fourth-order valence-corrected chi connectivity index (χ4v) is 2.70. The monoisotopic (exact) mass is 328 g/mol. The van der Waals surface area contributed by atoms with E-state index in [1.54, 1.807) is 22.8 Å². The summed E-state index contributed by atoms with van der Waals surface area (Å²) in [4.78, 5) is 25.6. The fourth-order valence-electron chi connectivity index (χ4n) is 2.70. The fraction of sp³-hybridized carbons (Fsp3) is 0.353. The second-order valence-electron chi connectivity index (χ2n) is 5.74. The zero-order valence-corrected chi connectivity index (χ0v) is 13.7. The molecule has 3 rings (SSSR count). The molecule has 1 fully saturated rings. The molecule has 0 bridgehead atoms. The van der Waals surface area contributed by atoms with Crippen LogP contribution in [0.2, 0.25) is 0 Å². The molecule has 0 aliphatic carbocycles. The summed E-state index contributed by atoms with van der Waals surface area (Å²) in [6, 6.07) is 9.64. The van der Waals surface area contributed by atoms with E-state index >= 15 is 0 Å². The van der Waals surface area contributed by atoms with Crippen LogP contribution in [-0.4, -0.2) is 52.3 Å². The SMILES string of the molecule is CC(=O)N1CCOC(C(=O)Nc2cn(C)nc2-c2ccccc2)C1. The molecule has 7 heteroatoms. The number of hydrogen-bond acceptors (Lipinski definition) is 4. The van der Waals surface area contributed by atoms with Gasteiger partial charge in [-0.15, -0.1) is 0 Å². The van der Waals surface area contributed by atoms with Crippen LogP contribution in [0.1, 0.15) is 6.92 Å². The first-order valence-electron chi connectivity index (χ1n) is 7.81. The number of anilines is 1. The molecule has 1 atom stereocenters. The van der Waals surface area contributed by atoms with Crippen LogP contribution in [0.25, 0.3) is 11.3 Å². The van der Waals surface area contributed by atoms with Gasteiger partial charge in [0.15, 0.2) is 6.10 Å².